The third kappa shape index (κ3) is 6.09. The van der Waals surface area contributed by atoms with Gasteiger partial charge in [-0.05, 0) is 0 Å². The minimum absolute atomic E-state index is 0.0484. The van der Waals surface area contributed by atoms with E-state index in [1.165, 1.54) is 17.1 Å². The van der Waals surface area contributed by atoms with Gasteiger partial charge in [-0.15, -0.1) is 0 Å². The van der Waals surface area contributed by atoms with Gasteiger partial charge in [0.25, 0.3) is 0 Å². The van der Waals surface area contributed by atoms with Crippen LogP contribution in [0.5, 0.6) is 0 Å². The summed E-state index contributed by atoms with van der Waals surface area (Å²) in [6.07, 6.45) is -0.942. The summed E-state index contributed by atoms with van der Waals surface area (Å²) in [5, 5.41) is 9.42. The number of anilines is 1. The first-order chi connectivity index (χ1) is 14.2. The highest BCUT2D eigenvalue weighted by molar-refractivity contribution is 7.81. The van der Waals surface area contributed by atoms with Gasteiger partial charge in [0.15, 0.2) is 11.9 Å². The minimum atomic E-state index is -5.67. The summed E-state index contributed by atoms with van der Waals surface area (Å²) in [7, 11) is -16.6. The number of phosphoric acid groups is 3. The SMILES string of the molecule is Nc1ncc2ncn([C@@H]3O[C@H](COP(=O)(O)OP(=O)(O)OP(=O)(O)O)[C@@H](O)[C@H]3S)c2n1. The summed E-state index contributed by atoms with van der Waals surface area (Å²) in [6, 6.07) is 0. The molecule has 0 aliphatic carbocycles. The first-order valence-electron chi connectivity index (χ1n) is 7.92. The highest BCUT2D eigenvalue weighted by Crippen LogP contribution is 2.66. The molecule has 1 fully saturated rings. The fraction of sp³-hybridized carbons (Fsp3) is 0.500. The number of hydrogen-bond acceptors (Lipinski definition) is 13. The maximum Gasteiger partial charge on any atom is 0.490 e. The van der Waals surface area contributed by atoms with Crippen LogP contribution < -0.4 is 5.73 Å². The van der Waals surface area contributed by atoms with Crippen molar-refractivity contribution < 1.29 is 56.3 Å². The normalized spacial score (nSPS) is 28.5. The Balaban J connectivity index is 1.69. The minimum Gasteiger partial charge on any atom is -0.389 e. The van der Waals surface area contributed by atoms with Crippen molar-refractivity contribution in [1.82, 2.24) is 19.5 Å². The molecule has 2 unspecified atom stereocenters. The number of aromatic nitrogens is 4. The van der Waals surface area contributed by atoms with Gasteiger partial charge in [-0.3, -0.25) is 9.09 Å². The monoisotopic (exact) mass is 523 g/mol. The molecule has 17 nitrogen and oxygen atoms in total. The molecule has 3 heterocycles. The number of fused-ring (bicyclic) bond motifs is 1. The number of thiol groups is 1. The summed E-state index contributed by atoms with van der Waals surface area (Å²) >= 11 is 4.25. The van der Waals surface area contributed by atoms with Gasteiger partial charge in [-0.1, -0.05) is 0 Å². The number of aliphatic hydroxyl groups excluding tert-OH is 1. The molecule has 0 radical (unpaired) electrons. The van der Waals surface area contributed by atoms with E-state index < -0.39 is 53.8 Å². The highest BCUT2D eigenvalue weighted by Gasteiger charge is 2.46. The molecule has 1 saturated heterocycles. The molecule has 0 amide bonds. The van der Waals surface area contributed by atoms with Crippen LogP contribution in [-0.4, -0.2) is 68.3 Å². The molecule has 0 saturated carbocycles. The highest BCUT2D eigenvalue weighted by atomic mass is 32.1. The van der Waals surface area contributed by atoms with Crippen LogP contribution >= 0.6 is 36.1 Å². The maximum absolute atomic E-state index is 11.8. The molecule has 0 bridgehead atoms. The molecule has 7 N–H and O–H groups in total. The van der Waals surface area contributed by atoms with Gasteiger partial charge in [-0.2, -0.15) is 26.2 Å². The van der Waals surface area contributed by atoms with Gasteiger partial charge < -0.3 is 35.2 Å². The van der Waals surface area contributed by atoms with Gasteiger partial charge in [0.2, 0.25) is 5.95 Å². The lowest BCUT2D eigenvalue weighted by atomic mass is 10.2. The van der Waals surface area contributed by atoms with E-state index in [1.54, 1.807) is 0 Å². The number of nitrogens with zero attached hydrogens (tertiary/aromatic N) is 4. The van der Waals surface area contributed by atoms with E-state index in [-0.39, 0.29) is 11.6 Å². The van der Waals surface area contributed by atoms with Crippen molar-refractivity contribution in [3.63, 3.8) is 0 Å². The van der Waals surface area contributed by atoms with Gasteiger partial charge in [0.1, 0.15) is 11.6 Å². The fourth-order valence-electron chi connectivity index (χ4n) is 2.59. The van der Waals surface area contributed by atoms with E-state index in [2.05, 4.69) is 40.7 Å². The lowest BCUT2D eigenvalue weighted by Crippen LogP contribution is -2.30. The molecule has 0 aromatic carbocycles. The van der Waals surface area contributed by atoms with Crippen molar-refractivity contribution in [3.8, 4) is 0 Å². The van der Waals surface area contributed by atoms with Crippen molar-refractivity contribution >= 4 is 53.2 Å². The molecule has 0 spiro atoms. The Kier molecular flexibility index (Phi) is 6.97. The zero-order valence-corrected chi connectivity index (χ0v) is 18.5. The Labute approximate surface area is 178 Å². The first-order valence-corrected chi connectivity index (χ1v) is 13.0. The third-order valence-corrected chi connectivity index (χ3v) is 8.13. The van der Waals surface area contributed by atoms with E-state index >= 15 is 0 Å². The zero-order chi connectivity index (χ0) is 23.2. The lowest BCUT2D eigenvalue weighted by Gasteiger charge is -2.19. The molecule has 31 heavy (non-hydrogen) atoms. The topological polar surface area (TPSA) is 259 Å². The summed E-state index contributed by atoms with van der Waals surface area (Å²) in [5.74, 6) is -0.0484. The Bertz CT molecular complexity index is 1110. The molecular formula is C10H16N5O12P3S. The second-order valence-electron chi connectivity index (χ2n) is 6.02. The van der Waals surface area contributed by atoms with Crippen molar-refractivity contribution in [2.75, 3.05) is 12.3 Å². The molecule has 6 atom stereocenters. The van der Waals surface area contributed by atoms with Crippen LogP contribution in [0.15, 0.2) is 12.5 Å². The molecule has 2 aromatic rings. The number of imidazole rings is 1. The lowest BCUT2D eigenvalue weighted by molar-refractivity contribution is -0.0421. The molecule has 174 valence electrons. The van der Waals surface area contributed by atoms with Gasteiger partial charge in [0.05, 0.1) is 30.5 Å². The Morgan fingerprint density at radius 2 is 1.84 bits per heavy atom. The van der Waals surface area contributed by atoms with Crippen LogP contribution in [0.3, 0.4) is 0 Å². The Morgan fingerprint density at radius 1 is 1.16 bits per heavy atom. The maximum atomic E-state index is 11.8. The smallest absolute Gasteiger partial charge is 0.389 e. The number of nitrogens with two attached hydrogens (primary N) is 1. The molecule has 21 heteroatoms. The number of rotatable bonds is 8. The molecule has 1 aliphatic heterocycles. The van der Waals surface area contributed by atoms with Gasteiger partial charge in [0, 0.05) is 0 Å². The third-order valence-electron chi connectivity index (χ3n) is 3.76. The quantitative estimate of drug-likeness (QED) is 0.167. The number of aliphatic hydroxyl groups is 1. The molecule has 1 aliphatic rings. The van der Waals surface area contributed by atoms with Gasteiger partial charge in [-0.25, -0.2) is 23.7 Å². The van der Waals surface area contributed by atoms with Crippen LogP contribution in [-0.2, 0) is 31.6 Å². The number of ether oxygens (including phenoxy) is 1. The van der Waals surface area contributed by atoms with E-state index in [0.717, 1.165) is 0 Å². The standard InChI is InChI=1S/C10H16N5O12P3S/c11-10-12-1-4-8(14-10)15(3-13-4)9-7(31)6(16)5(25-9)2-24-29(20,21)27-30(22,23)26-28(17,18)19/h1,3,5-7,9,16,31H,2H2,(H,20,21)(H,22,23)(H2,11,12,14)(H2,17,18,19)/t5-,6-,7-,9-/m1/s1. The summed E-state index contributed by atoms with van der Waals surface area (Å²) < 4.78 is 52.5. The largest absolute Gasteiger partial charge is 0.490 e. The van der Waals surface area contributed by atoms with Crippen LogP contribution in [0.25, 0.3) is 11.2 Å². The van der Waals surface area contributed by atoms with Crippen molar-refractivity contribution in [1.29, 1.82) is 0 Å². The number of hydrogen-bond donors (Lipinski definition) is 7. The average molecular weight is 523 g/mol. The second kappa shape index (κ2) is 8.76. The van der Waals surface area contributed by atoms with Crippen LogP contribution in [0, 0.1) is 0 Å². The fourth-order valence-corrected chi connectivity index (χ4v) is 6.03. The van der Waals surface area contributed by atoms with Crippen LogP contribution in [0.4, 0.5) is 5.95 Å². The van der Waals surface area contributed by atoms with Crippen molar-refractivity contribution in [2.45, 2.75) is 23.7 Å². The predicted molar refractivity (Wildman–Crippen MR) is 102 cm³/mol. The number of phosphoric ester groups is 1. The van der Waals surface area contributed by atoms with E-state index in [4.69, 9.17) is 25.2 Å². The van der Waals surface area contributed by atoms with E-state index in [0.29, 0.717) is 5.52 Å². The van der Waals surface area contributed by atoms with E-state index in [1.807, 2.05) is 0 Å². The summed E-state index contributed by atoms with van der Waals surface area (Å²) in [4.78, 5) is 47.5. The molecule has 2 aromatic heterocycles. The summed E-state index contributed by atoms with van der Waals surface area (Å²) in [5.41, 5.74) is 6.18. The Morgan fingerprint density at radius 3 is 2.48 bits per heavy atom. The van der Waals surface area contributed by atoms with Gasteiger partial charge >= 0.3 is 23.5 Å². The van der Waals surface area contributed by atoms with Crippen molar-refractivity contribution in [3.05, 3.63) is 12.5 Å². The van der Waals surface area contributed by atoms with Crippen LogP contribution in [0.1, 0.15) is 6.23 Å². The second-order valence-corrected chi connectivity index (χ2v) is 11.0. The summed E-state index contributed by atoms with van der Waals surface area (Å²) in [6.45, 7) is -0.845. The van der Waals surface area contributed by atoms with Crippen LogP contribution in [0.2, 0.25) is 0 Å². The Hall–Kier alpha value is -0.970. The zero-order valence-electron chi connectivity index (χ0n) is 14.9. The van der Waals surface area contributed by atoms with E-state index in [9.17, 15) is 23.7 Å². The molecular weight excluding hydrogens is 507 g/mol. The predicted octanol–water partition coefficient (Wildman–Crippen LogP) is -0.692. The number of nitrogen functional groups attached to an aromatic ring is 1. The van der Waals surface area contributed by atoms with Crippen molar-refractivity contribution in [2.24, 2.45) is 0 Å². The molecule has 3 rings (SSSR count). The average Bonchev–Trinajstić information content (AvgIpc) is 3.11. The first kappa shape index (κ1) is 24.7.